The van der Waals surface area contributed by atoms with Gasteiger partial charge in [0.1, 0.15) is 11.5 Å². The van der Waals surface area contributed by atoms with Crippen molar-refractivity contribution in [2.24, 2.45) is 5.92 Å². The summed E-state index contributed by atoms with van der Waals surface area (Å²) in [5, 5.41) is 0. The van der Waals surface area contributed by atoms with Crippen LogP contribution >= 0.6 is 0 Å². The number of hydrogen-bond acceptors (Lipinski definition) is 4. The second kappa shape index (κ2) is 10.6. The van der Waals surface area contributed by atoms with Crippen LogP contribution in [0, 0.1) is 5.92 Å². The molecule has 3 aromatic carbocycles. The standard InChI is InChI=1S/C27H27NO4/c29-26(28-16-14-22(15-17-28)18-21-8-3-1-4-9-21)20-31-27(30)23-10-7-13-25(19-23)32-24-11-5-2-6-12-24/h1-13,19,22H,14-18,20H2. The van der Waals surface area contributed by atoms with E-state index in [4.69, 9.17) is 9.47 Å². The van der Waals surface area contributed by atoms with Gasteiger partial charge in [-0.2, -0.15) is 0 Å². The van der Waals surface area contributed by atoms with Crippen LogP contribution in [0.4, 0.5) is 0 Å². The van der Waals surface area contributed by atoms with Crippen molar-refractivity contribution in [2.45, 2.75) is 19.3 Å². The van der Waals surface area contributed by atoms with Gasteiger partial charge < -0.3 is 14.4 Å². The van der Waals surface area contributed by atoms with E-state index < -0.39 is 5.97 Å². The number of benzene rings is 3. The second-order valence-corrected chi connectivity index (χ2v) is 8.03. The number of rotatable bonds is 7. The van der Waals surface area contributed by atoms with Gasteiger partial charge in [0.15, 0.2) is 6.61 Å². The lowest BCUT2D eigenvalue weighted by Gasteiger charge is -2.32. The van der Waals surface area contributed by atoms with Crippen LogP contribution in [0.2, 0.25) is 0 Å². The molecule has 0 atom stereocenters. The minimum absolute atomic E-state index is 0.145. The average Bonchev–Trinajstić information content (AvgIpc) is 2.84. The summed E-state index contributed by atoms with van der Waals surface area (Å²) in [6, 6.07) is 26.6. The van der Waals surface area contributed by atoms with Gasteiger partial charge in [0, 0.05) is 13.1 Å². The van der Waals surface area contributed by atoms with Gasteiger partial charge in [-0.05, 0) is 61.1 Å². The normalized spacial score (nSPS) is 14.1. The van der Waals surface area contributed by atoms with Crippen molar-refractivity contribution in [2.75, 3.05) is 19.7 Å². The summed E-state index contributed by atoms with van der Waals surface area (Å²) in [6.45, 7) is 1.16. The topological polar surface area (TPSA) is 55.8 Å². The molecule has 5 nitrogen and oxygen atoms in total. The molecule has 0 aliphatic carbocycles. The predicted molar refractivity (Wildman–Crippen MR) is 123 cm³/mol. The van der Waals surface area contributed by atoms with E-state index in [9.17, 15) is 9.59 Å². The Balaban J connectivity index is 1.24. The summed E-state index contributed by atoms with van der Waals surface area (Å²) >= 11 is 0. The molecule has 0 saturated carbocycles. The molecule has 1 aliphatic rings. The fraction of sp³-hybridized carbons (Fsp3) is 0.259. The molecule has 0 radical (unpaired) electrons. The van der Waals surface area contributed by atoms with E-state index in [0.717, 1.165) is 19.3 Å². The van der Waals surface area contributed by atoms with Gasteiger partial charge in [0.25, 0.3) is 5.91 Å². The van der Waals surface area contributed by atoms with Crippen LogP contribution < -0.4 is 4.74 Å². The Labute approximate surface area is 188 Å². The maximum atomic E-state index is 12.5. The van der Waals surface area contributed by atoms with Crippen LogP contribution in [0.5, 0.6) is 11.5 Å². The van der Waals surface area contributed by atoms with Gasteiger partial charge in [-0.3, -0.25) is 4.79 Å². The van der Waals surface area contributed by atoms with Gasteiger partial charge in [-0.15, -0.1) is 0 Å². The zero-order chi connectivity index (χ0) is 22.2. The number of para-hydroxylation sites is 1. The highest BCUT2D eigenvalue weighted by Crippen LogP contribution is 2.23. The lowest BCUT2D eigenvalue weighted by Crippen LogP contribution is -2.41. The number of nitrogens with zero attached hydrogens (tertiary/aromatic N) is 1. The Morgan fingerprint density at radius 1 is 0.812 bits per heavy atom. The highest BCUT2D eigenvalue weighted by Gasteiger charge is 2.24. The monoisotopic (exact) mass is 429 g/mol. The van der Waals surface area contributed by atoms with Crippen molar-refractivity contribution >= 4 is 11.9 Å². The van der Waals surface area contributed by atoms with Crippen molar-refractivity contribution in [1.29, 1.82) is 0 Å². The SMILES string of the molecule is O=C(OCC(=O)N1CCC(Cc2ccccc2)CC1)c1cccc(Oc2ccccc2)c1. The third-order valence-electron chi connectivity index (χ3n) is 5.71. The lowest BCUT2D eigenvalue weighted by atomic mass is 9.90. The summed E-state index contributed by atoms with van der Waals surface area (Å²) in [5.74, 6) is 1.13. The van der Waals surface area contributed by atoms with E-state index in [0.29, 0.717) is 36.1 Å². The fourth-order valence-corrected chi connectivity index (χ4v) is 3.95. The van der Waals surface area contributed by atoms with E-state index in [-0.39, 0.29) is 12.5 Å². The molecule has 0 bridgehead atoms. The first-order chi connectivity index (χ1) is 15.7. The van der Waals surface area contributed by atoms with E-state index in [1.807, 2.05) is 36.4 Å². The summed E-state index contributed by atoms with van der Waals surface area (Å²) in [7, 11) is 0. The smallest absolute Gasteiger partial charge is 0.338 e. The van der Waals surface area contributed by atoms with Crippen molar-refractivity contribution in [3.8, 4) is 11.5 Å². The van der Waals surface area contributed by atoms with Gasteiger partial charge >= 0.3 is 5.97 Å². The third kappa shape index (κ3) is 5.97. The minimum atomic E-state index is -0.532. The number of esters is 1. The predicted octanol–water partition coefficient (Wildman–Crippen LogP) is 5.12. The first kappa shape index (κ1) is 21.6. The van der Waals surface area contributed by atoms with Gasteiger partial charge in [-0.1, -0.05) is 54.6 Å². The molecule has 5 heteroatoms. The van der Waals surface area contributed by atoms with E-state index in [1.54, 1.807) is 29.2 Å². The lowest BCUT2D eigenvalue weighted by molar-refractivity contribution is -0.135. The molecule has 3 aromatic rings. The van der Waals surface area contributed by atoms with Crippen molar-refractivity contribution in [3.63, 3.8) is 0 Å². The highest BCUT2D eigenvalue weighted by atomic mass is 16.5. The number of hydrogen-bond donors (Lipinski definition) is 0. The van der Waals surface area contributed by atoms with Gasteiger partial charge in [0.2, 0.25) is 0 Å². The second-order valence-electron chi connectivity index (χ2n) is 8.03. The Bertz CT molecular complexity index is 1030. The summed E-state index contributed by atoms with van der Waals surface area (Å²) in [4.78, 5) is 26.8. The van der Waals surface area contributed by atoms with Gasteiger partial charge in [-0.25, -0.2) is 4.79 Å². The number of piperidine rings is 1. The zero-order valence-corrected chi connectivity index (χ0v) is 18.0. The van der Waals surface area contributed by atoms with Crippen LogP contribution in [0.3, 0.4) is 0 Å². The molecule has 0 spiro atoms. The highest BCUT2D eigenvalue weighted by molar-refractivity contribution is 5.91. The molecule has 164 valence electrons. The number of ether oxygens (including phenoxy) is 2. The number of carbonyl (C=O) groups is 2. The van der Waals surface area contributed by atoms with E-state index in [1.165, 1.54) is 5.56 Å². The van der Waals surface area contributed by atoms with Crippen molar-refractivity contribution < 1.29 is 19.1 Å². The maximum absolute atomic E-state index is 12.5. The number of likely N-dealkylation sites (tertiary alicyclic amines) is 1. The summed E-state index contributed by atoms with van der Waals surface area (Å²) in [5.41, 5.74) is 1.69. The molecular weight excluding hydrogens is 402 g/mol. The van der Waals surface area contributed by atoms with Crippen LogP contribution in [-0.2, 0) is 16.0 Å². The van der Waals surface area contributed by atoms with E-state index in [2.05, 4.69) is 24.3 Å². The van der Waals surface area contributed by atoms with E-state index >= 15 is 0 Å². The first-order valence-corrected chi connectivity index (χ1v) is 11.0. The molecular formula is C27H27NO4. The Hall–Kier alpha value is -3.60. The largest absolute Gasteiger partial charge is 0.457 e. The molecule has 1 amide bonds. The molecule has 4 rings (SSSR count). The minimum Gasteiger partial charge on any atom is -0.457 e. The number of amides is 1. The summed E-state index contributed by atoms with van der Waals surface area (Å²) in [6.07, 6.45) is 2.97. The van der Waals surface area contributed by atoms with Crippen LogP contribution in [-0.4, -0.2) is 36.5 Å². The molecule has 0 aromatic heterocycles. The molecule has 1 heterocycles. The fourth-order valence-electron chi connectivity index (χ4n) is 3.95. The Kier molecular flexibility index (Phi) is 7.18. The molecule has 1 fully saturated rings. The molecule has 0 unspecified atom stereocenters. The molecule has 1 aliphatic heterocycles. The van der Waals surface area contributed by atoms with Crippen molar-refractivity contribution in [3.05, 3.63) is 96.1 Å². The Morgan fingerprint density at radius 2 is 1.47 bits per heavy atom. The van der Waals surface area contributed by atoms with Crippen molar-refractivity contribution in [1.82, 2.24) is 4.90 Å². The zero-order valence-electron chi connectivity index (χ0n) is 18.0. The van der Waals surface area contributed by atoms with Crippen LogP contribution in [0.15, 0.2) is 84.9 Å². The number of carbonyl (C=O) groups excluding carboxylic acids is 2. The maximum Gasteiger partial charge on any atom is 0.338 e. The van der Waals surface area contributed by atoms with Crippen LogP contribution in [0.1, 0.15) is 28.8 Å². The third-order valence-corrected chi connectivity index (χ3v) is 5.71. The average molecular weight is 430 g/mol. The molecule has 1 saturated heterocycles. The summed E-state index contributed by atoms with van der Waals surface area (Å²) < 4.78 is 11.0. The molecule has 32 heavy (non-hydrogen) atoms. The molecule has 0 N–H and O–H groups in total. The first-order valence-electron chi connectivity index (χ1n) is 11.0. The van der Waals surface area contributed by atoms with Crippen LogP contribution in [0.25, 0.3) is 0 Å². The van der Waals surface area contributed by atoms with Gasteiger partial charge in [0.05, 0.1) is 5.56 Å². The quantitative estimate of drug-likeness (QED) is 0.490. The Morgan fingerprint density at radius 3 is 2.19 bits per heavy atom.